The third-order valence-electron chi connectivity index (χ3n) is 4.16. The molecule has 148 valence electrons. The number of carbonyl (C=O) groups excluding carboxylic acids is 1. The monoisotopic (exact) mass is 401 g/mol. The van der Waals surface area contributed by atoms with Gasteiger partial charge in [0.1, 0.15) is 0 Å². The molecule has 0 saturated carbocycles. The second kappa shape index (κ2) is 9.57. The fourth-order valence-electron chi connectivity index (χ4n) is 2.72. The molecule has 0 fully saturated rings. The van der Waals surface area contributed by atoms with Crippen molar-refractivity contribution in [3.05, 3.63) is 65.7 Å². The van der Waals surface area contributed by atoms with Gasteiger partial charge in [0.25, 0.3) is 0 Å². The molecule has 0 heterocycles. The lowest BCUT2D eigenvalue weighted by Crippen LogP contribution is -2.35. The number of nitrogens with one attached hydrogen (secondary N) is 1. The van der Waals surface area contributed by atoms with E-state index < -0.39 is 18.8 Å². The van der Waals surface area contributed by atoms with Crippen molar-refractivity contribution < 1.29 is 23.1 Å². The molecular formula is C21H24NO5P. The van der Waals surface area contributed by atoms with Crippen molar-refractivity contribution >= 4 is 19.3 Å². The van der Waals surface area contributed by atoms with Crippen LogP contribution < -0.4 is 5.32 Å². The number of para-hydroxylation sites is 1. The molecule has 2 aromatic rings. The highest BCUT2D eigenvalue weighted by Gasteiger charge is 2.51. The first kappa shape index (κ1) is 21.7. The van der Waals surface area contributed by atoms with E-state index >= 15 is 0 Å². The molecule has 1 atom stereocenters. The van der Waals surface area contributed by atoms with Gasteiger partial charge in [-0.25, -0.2) is 4.79 Å². The van der Waals surface area contributed by atoms with Crippen LogP contribution in [0.4, 0.5) is 5.69 Å². The lowest BCUT2D eigenvalue weighted by atomic mass is 10.0. The lowest BCUT2D eigenvalue weighted by Gasteiger charge is -2.36. The molecule has 7 heteroatoms. The number of hydrogen-bond acceptors (Lipinski definition) is 6. The first-order valence-electron chi connectivity index (χ1n) is 8.73. The molecule has 0 saturated heterocycles. The molecule has 0 radical (unpaired) electrons. The van der Waals surface area contributed by atoms with Crippen LogP contribution in [0, 0.1) is 18.8 Å². The molecule has 0 aromatic heterocycles. The molecular weight excluding hydrogens is 377 g/mol. The van der Waals surface area contributed by atoms with Crippen LogP contribution in [-0.4, -0.2) is 26.8 Å². The number of aryl methyl sites for hydroxylation is 1. The van der Waals surface area contributed by atoms with Crippen LogP contribution in [0.25, 0.3) is 0 Å². The predicted octanol–water partition coefficient (Wildman–Crippen LogP) is 4.31. The molecule has 6 nitrogen and oxygen atoms in total. The van der Waals surface area contributed by atoms with Crippen molar-refractivity contribution in [3.63, 3.8) is 0 Å². The van der Waals surface area contributed by atoms with Gasteiger partial charge in [-0.2, -0.15) is 0 Å². The van der Waals surface area contributed by atoms with Gasteiger partial charge in [-0.15, -0.1) is 0 Å². The Morgan fingerprint density at radius 3 is 2.25 bits per heavy atom. The number of anilines is 1. The van der Waals surface area contributed by atoms with E-state index in [0.717, 1.165) is 5.56 Å². The van der Waals surface area contributed by atoms with E-state index in [9.17, 15) is 9.36 Å². The molecule has 0 aliphatic heterocycles. The van der Waals surface area contributed by atoms with Gasteiger partial charge >= 0.3 is 13.6 Å². The molecule has 0 spiro atoms. The summed E-state index contributed by atoms with van der Waals surface area (Å²) in [5.74, 6) is 4.51. The van der Waals surface area contributed by atoms with Gasteiger partial charge in [-0.05, 0) is 31.4 Å². The van der Waals surface area contributed by atoms with Gasteiger partial charge in [-0.1, -0.05) is 48.5 Å². The quantitative estimate of drug-likeness (QED) is 0.323. The number of carbonyl (C=O) groups is 1. The Morgan fingerprint density at radius 2 is 1.68 bits per heavy atom. The van der Waals surface area contributed by atoms with Crippen LogP contribution in [0.15, 0.2) is 54.6 Å². The summed E-state index contributed by atoms with van der Waals surface area (Å²) in [5, 5.41) is 1.59. The van der Waals surface area contributed by atoms with Crippen LogP contribution in [0.3, 0.4) is 0 Å². The van der Waals surface area contributed by atoms with Gasteiger partial charge in [0.05, 0.1) is 6.61 Å². The molecule has 1 N–H and O–H groups in total. The van der Waals surface area contributed by atoms with E-state index in [2.05, 4.69) is 17.2 Å². The van der Waals surface area contributed by atoms with Gasteiger partial charge in [0.15, 0.2) is 0 Å². The van der Waals surface area contributed by atoms with E-state index in [-0.39, 0.29) is 6.61 Å². The van der Waals surface area contributed by atoms with E-state index in [4.69, 9.17) is 13.8 Å². The van der Waals surface area contributed by atoms with Crippen LogP contribution in [0.2, 0.25) is 0 Å². The number of hydrogen-bond donors (Lipinski definition) is 1. The summed E-state index contributed by atoms with van der Waals surface area (Å²) >= 11 is 0. The minimum absolute atomic E-state index is 0.184. The van der Waals surface area contributed by atoms with Gasteiger partial charge in [-0.3, -0.25) is 4.57 Å². The van der Waals surface area contributed by atoms with Gasteiger partial charge in [0, 0.05) is 31.4 Å². The summed E-state index contributed by atoms with van der Waals surface area (Å²) in [4.78, 5) is 11.9. The molecule has 2 aromatic carbocycles. The maximum atomic E-state index is 13.7. The number of rotatable bonds is 7. The topological polar surface area (TPSA) is 73.9 Å². The van der Waals surface area contributed by atoms with Crippen LogP contribution in [0.1, 0.15) is 18.1 Å². The fraction of sp³-hybridized carbons (Fsp3) is 0.286. The van der Waals surface area contributed by atoms with Gasteiger partial charge in [0.2, 0.25) is 5.28 Å². The number of ether oxygens (including phenoxy) is 1. The number of esters is 1. The molecule has 0 aliphatic carbocycles. The smallest absolute Gasteiger partial charge is 0.384 e. The highest BCUT2D eigenvalue weighted by molar-refractivity contribution is 7.55. The molecule has 0 aliphatic rings. The van der Waals surface area contributed by atoms with E-state index in [0.29, 0.717) is 11.3 Å². The van der Waals surface area contributed by atoms with Crippen LogP contribution >= 0.6 is 7.60 Å². The van der Waals surface area contributed by atoms with E-state index in [1.54, 1.807) is 31.2 Å². The molecule has 2 rings (SSSR count). The Morgan fingerprint density at radius 1 is 1.07 bits per heavy atom. The second-order valence-corrected chi connectivity index (χ2v) is 8.25. The summed E-state index contributed by atoms with van der Waals surface area (Å²) < 4.78 is 29.3. The van der Waals surface area contributed by atoms with Crippen LogP contribution in [0.5, 0.6) is 0 Å². The third kappa shape index (κ3) is 4.45. The van der Waals surface area contributed by atoms with E-state index in [1.165, 1.54) is 14.2 Å². The normalized spacial score (nSPS) is 13.0. The average Bonchev–Trinajstić information content (AvgIpc) is 2.72. The van der Waals surface area contributed by atoms with Crippen molar-refractivity contribution in [1.82, 2.24) is 0 Å². The van der Waals surface area contributed by atoms with Crippen molar-refractivity contribution in [2.24, 2.45) is 0 Å². The summed E-state index contributed by atoms with van der Waals surface area (Å²) in [7, 11) is -1.33. The maximum Gasteiger partial charge on any atom is 0.384 e. The Labute approximate surface area is 165 Å². The van der Waals surface area contributed by atoms with Crippen molar-refractivity contribution in [3.8, 4) is 11.8 Å². The summed E-state index contributed by atoms with van der Waals surface area (Å²) in [5.41, 5.74) is 2.11. The minimum Gasteiger partial charge on any atom is -0.456 e. The second-order valence-electron chi connectivity index (χ2n) is 5.85. The summed E-state index contributed by atoms with van der Waals surface area (Å²) in [6, 6.07) is 16.3. The predicted molar refractivity (Wildman–Crippen MR) is 109 cm³/mol. The minimum atomic E-state index is -3.90. The Bertz CT molecular complexity index is 911. The van der Waals surface area contributed by atoms with Crippen molar-refractivity contribution in [2.45, 2.75) is 19.1 Å². The zero-order valence-corrected chi connectivity index (χ0v) is 17.3. The first-order valence-corrected chi connectivity index (χ1v) is 10.3. The zero-order chi connectivity index (χ0) is 20.6. The average molecular weight is 401 g/mol. The first-order chi connectivity index (χ1) is 13.4. The lowest BCUT2D eigenvalue weighted by molar-refractivity contribution is -0.136. The zero-order valence-electron chi connectivity index (χ0n) is 16.4. The number of benzene rings is 2. The van der Waals surface area contributed by atoms with E-state index in [1.807, 2.05) is 37.3 Å². The molecule has 1 unspecified atom stereocenters. The van der Waals surface area contributed by atoms with Crippen molar-refractivity contribution in [1.29, 1.82) is 0 Å². The Hall–Kier alpha value is -2.58. The fourth-order valence-corrected chi connectivity index (χ4v) is 4.33. The largest absolute Gasteiger partial charge is 0.456 e. The summed E-state index contributed by atoms with van der Waals surface area (Å²) in [6.45, 7) is 3.77. The van der Waals surface area contributed by atoms with Crippen LogP contribution in [-0.2, 0) is 28.4 Å². The van der Waals surface area contributed by atoms with Crippen molar-refractivity contribution in [2.75, 3.05) is 26.1 Å². The standard InChI is InChI=1S/C21H24NO5P/c1-5-27-20(23)15-16-21(28(24,25-3)26-4,18-12-7-6-8-13-18)22-19-14-10-9-11-17(19)2/h6-14,22H,5H2,1-4H3. The highest BCUT2D eigenvalue weighted by Crippen LogP contribution is 2.63. The Balaban J connectivity index is 2.77. The Kier molecular flexibility index (Phi) is 7.42. The molecule has 28 heavy (non-hydrogen) atoms. The SMILES string of the molecule is CCOC(=O)C#CC(Nc1ccccc1C)(c1ccccc1)P(=O)(OC)OC. The summed E-state index contributed by atoms with van der Waals surface area (Å²) in [6.07, 6.45) is 0. The molecule has 0 bridgehead atoms. The third-order valence-corrected chi connectivity index (χ3v) is 6.43. The highest BCUT2D eigenvalue weighted by atomic mass is 31.2. The van der Waals surface area contributed by atoms with Gasteiger partial charge < -0.3 is 19.1 Å². The maximum absolute atomic E-state index is 13.7. The molecule has 0 amide bonds.